The maximum atomic E-state index is 12.7. The van der Waals surface area contributed by atoms with E-state index in [4.69, 9.17) is 4.42 Å². The van der Waals surface area contributed by atoms with Crippen molar-refractivity contribution in [1.29, 1.82) is 0 Å². The zero-order chi connectivity index (χ0) is 12.5. The molecule has 0 aliphatic rings. The van der Waals surface area contributed by atoms with Crippen molar-refractivity contribution < 1.29 is 22.4 Å². The maximum Gasteiger partial charge on any atom is 0.417 e. The lowest BCUT2D eigenvalue weighted by Gasteiger charge is -2.09. The van der Waals surface area contributed by atoms with Gasteiger partial charge >= 0.3 is 6.18 Å². The molecule has 0 spiro atoms. The molecule has 0 bridgehead atoms. The summed E-state index contributed by atoms with van der Waals surface area (Å²) in [6, 6.07) is 4.88. The molecule has 0 saturated heterocycles. The Labute approximate surface area is 93.9 Å². The van der Waals surface area contributed by atoms with Crippen LogP contribution in [0, 0.1) is 0 Å². The minimum Gasteiger partial charge on any atom is -0.444 e. The highest BCUT2D eigenvalue weighted by Gasteiger charge is 2.34. The molecule has 88 valence electrons. The van der Waals surface area contributed by atoms with Crippen molar-refractivity contribution in [2.75, 3.05) is 0 Å². The van der Waals surface area contributed by atoms with Gasteiger partial charge in [-0.15, -0.1) is 0 Å². The number of hydrogen-bond acceptors (Lipinski definition) is 3. The van der Waals surface area contributed by atoms with Gasteiger partial charge in [0.15, 0.2) is 6.29 Å². The summed E-state index contributed by atoms with van der Waals surface area (Å²) in [6.45, 7) is 0. The molecule has 0 N–H and O–H groups in total. The van der Waals surface area contributed by atoms with E-state index in [-0.39, 0.29) is 17.1 Å². The molecule has 1 heterocycles. The van der Waals surface area contributed by atoms with Gasteiger partial charge in [0.2, 0.25) is 5.89 Å². The van der Waals surface area contributed by atoms with Crippen molar-refractivity contribution in [2.24, 2.45) is 0 Å². The van der Waals surface area contributed by atoms with Crippen LogP contribution in [-0.4, -0.2) is 11.3 Å². The van der Waals surface area contributed by atoms with E-state index in [0.717, 1.165) is 12.3 Å². The first-order chi connectivity index (χ1) is 8.02. The van der Waals surface area contributed by atoms with Crippen LogP contribution in [0.2, 0.25) is 0 Å². The Hall–Kier alpha value is -2.11. The van der Waals surface area contributed by atoms with Gasteiger partial charge in [0.05, 0.1) is 5.56 Å². The zero-order valence-corrected chi connectivity index (χ0v) is 8.36. The predicted molar refractivity (Wildman–Crippen MR) is 52.3 cm³/mol. The van der Waals surface area contributed by atoms with Gasteiger partial charge in [0, 0.05) is 5.56 Å². The van der Waals surface area contributed by atoms with Crippen molar-refractivity contribution in [2.45, 2.75) is 6.18 Å². The summed E-state index contributed by atoms with van der Waals surface area (Å²) in [6.07, 6.45) is -3.08. The molecular weight excluding hydrogens is 235 g/mol. The topological polar surface area (TPSA) is 43.1 Å². The Morgan fingerprint density at radius 3 is 2.53 bits per heavy atom. The third-order valence-electron chi connectivity index (χ3n) is 2.11. The number of alkyl halides is 3. The Kier molecular flexibility index (Phi) is 2.71. The SMILES string of the molecule is O=Cc1coc(-c2ccccc2C(F)(F)F)n1. The van der Waals surface area contributed by atoms with E-state index >= 15 is 0 Å². The van der Waals surface area contributed by atoms with Crippen molar-refractivity contribution in [3.63, 3.8) is 0 Å². The molecule has 3 nitrogen and oxygen atoms in total. The largest absolute Gasteiger partial charge is 0.444 e. The van der Waals surface area contributed by atoms with Crippen LogP contribution < -0.4 is 0 Å². The summed E-state index contributed by atoms with van der Waals surface area (Å²) in [7, 11) is 0. The van der Waals surface area contributed by atoms with Crippen LogP contribution >= 0.6 is 0 Å². The first-order valence-electron chi connectivity index (χ1n) is 4.59. The Balaban J connectivity index is 2.55. The molecule has 1 aromatic heterocycles. The smallest absolute Gasteiger partial charge is 0.417 e. The maximum absolute atomic E-state index is 12.7. The van der Waals surface area contributed by atoms with E-state index in [2.05, 4.69) is 4.98 Å². The average molecular weight is 241 g/mol. The minimum absolute atomic E-state index is 0.0445. The van der Waals surface area contributed by atoms with Crippen LogP contribution in [0.4, 0.5) is 13.2 Å². The first-order valence-corrected chi connectivity index (χ1v) is 4.59. The van der Waals surface area contributed by atoms with Crippen LogP contribution in [0.3, 0.4) is 0 Å². The third-order valence-corrected chi connectivity index (χ3v) is 2.11. The minimum atomic E-state index is -4.49. The van der Waals surface area contributed by atoms with Crippen molar-refractivity contribution in [3.05, 3.63) is 41.8 Å². The number of benzene rings is 1. The number of nitrogens with zero attached hydrogens (tertiary/aromatic N) is 1. The molecule has 6 heteroatoms. The number of halogens is 3. The number of carbonyl (C=O) groups is 1. The molecule has 0 unspecified atom stereocenters. The van der Waals surface area contributed by atoms with E-state index in [1.807, 2.05) is 0 Å². The van der Waals surface area contributed by atoms with E-state index in [0.29, 0.717) is 6.29 Å². The second-order valence-corrected chi connectivity index (χ2v) is 3.24. The number of carbonyl (C=O) groups excluding carboxylic acids is 1. The Morgan fingerprint density at radius 2 is 1.94 bits per heavy atom. The van der Waals surface area contributed by atoms with Gasteiger partial charge in [0.25, 0.3) is 0 Å². The summed E-state index contributed by atoms with van der Waals surface area (Å²) in [4.78, 5) is 14.0. The standard InChI is InChI=1S/C11H6F3NO2/c12-11(13,14)9-4-2-1-3-8(9)10-15-7(5-16)6-17-10/h1-6H. The summed E-state index contributed by atoms with van der Waals surface area (Å²) >= 11 is 0. The number of hydrogen-bond donors (Lipinski definition) is 0. The zero-order valence-electron chi connectivity index (χ0n) is 8.36. The second kappa shape index (κ2) is 4.04. The number of oxazole rings is 1. The molecule has 0 fully saturated rings. The quantitative estimate of drug-likeness (QED) is 0.758. The van der Waals surface area contributed by atoms with Crippen LogP contribution in [0.1, 0.15) is 16.1 Å². The number of aldehydes is 1. The lowest BCUT2D eigenvalue weighted by Crippen LogP contribution is -2.06. The van der Waals surface area contributed by atoms with Gasteiger partial charge in [-0.3, -0.25) is 4.79 Å². The van der Waals surface area contributed by atoms with Crippen molar-refractivity contribution in [1.82, 2.24) is 4.98 Å². The van der Waals surface area contributed by atoms with Crippen LogP contribution in [0.25, 0.3) is 11.5 Å². The number of rotatable bonds is 2. The summed E-state index contributed by atoms with van der Waals surface area (Å²) in [5, 5.41) is 0. The molecule has 2 aromatic rings. The van der Waals surface area contributed by atoms with Crippen molar-refractivity contribution >= 4 is 6.29 Å². The molecule has 0 radical (unpaired) electrons. The van der Waals surface area contributed by atoms with Crippen LogP contribution in [0.15, 0.2) is 34.9 Å². The lowest BCUT2D eigenvalue weighted by molar-refractivity contribution is -0.137. The highest BCUT2D eigenvalue weighted by Crippen LogP contribution is 2.36. The van der Waals surface area contributed by atoms with Crippen molar-refractivity contribution in [3.8, 4) is 11.5 Å². The third kappa shape index (κ3) is 2.20. The van der Waals surface area contributed by atoms with E-state index in [1.165, 1.54) is 18.2 Å². The Morgan fingerprint density at radius 1 is 1.24 bits per heavy atom. The fraction of sp³-hybridized carbons (Fsp3) is 0.0909. The monoisotopic (exact) mass is 241 g/mol. The molecule has 17 heavy (non-hydrogen) atoms. The number of aromatic nitrogens is 1. The lowest BCUT2D eigenvalue weighted by atomic mass is 10.1. The molecule has 0 amide bonds. The molecular formula is C11H6F3NO2. The van der Waals surface area contributed by atoms with E-state index < -0.39 is 11.7 Å². The summed E-state index contributed by atoms with van der Waals surface area (Å²) in [5.74, 6) is -0.222. The first kappa shape index (κ1) is 11.4. The van der Waals surface area contributed by atoms with Crippen LogP contribution in [-0.2, 0) is 6.18 Å². The normalized spacial score (nSPS) is 11.5. The average Bonchev–Trinajstić information content (AvgIpc) is 2.76. The molecule has 2 rings (SSSR count). The molecule has 0 aliphatic carbocycles. The van der Waals surface area contributed by atoms with Crippen LogP contribution in [0.5, 0.6) is 0 Å². The van der Waals surface area contributed by atoms with Gasteiger partial charge in [-0.1, -0.05) is 12.1 Å². The fourth-order valence-corrected chi connectivity index (χ4v) is 1.38. The van der Waals surface area contributed by atoms with E-state index in [1.54, 1.807) is 0 Å². The highest BCUT2D eigenvalue weighted by atomic mass is 19.4. The van der Waals surface area contributed by atoms with Gasteiger partial charge in [-0.05, 0) is 12.1 Å². The van der Waals surface area contributed by atoms with Gasteiger partial charge in [-0.2, -0.15) is 13.2 Å². The fourth-order valence-electron chi connectivity index (χ4n) is 1.38. The Bertz CT molecular complexity index is 546. The van der Waals surface area contributed by atoms with Gasteiger partial charge < -0.3 is 4.42 Å². The molecule has 0 aliphatic heterocycles. The highest BCUT2D eigenvalue weighted by molar-refractivity contribution is 5.73. The summed E-state index contributed by atoms with van der Waals surface area (Å²) < 4.78 is 42.9. The molecule has 0 saturated carbocycles. The van der Waals surface area contributed by atoms with E-state index in [9.17, 15) is 18.0 Å². The molecule has 1 aromatic carbocycles. The predicted octanol–water partition coefficient (Wildman–Crippen LogP) is 3.17. The van der Waals surface area contributed by atoms with Gasteiger partial charge in [-0.25, -0.2) is 4.98 Å². The molecule has 0 atom stereocenters. The second-order valence-electron chi connectivity index (χ2n) is 3.24. The van der Waals surface area contributed by atoms with Gasteiger partial charge in [0.1, 0.15) is 12.0 Å². The summed E-state index contributed by atoms with van der Waals surface area (Å²) in [5.41, 5.74) is -1.08.